The number of amides is 2. The van der Waals surface area contributed by atoms with Crippen molar-refractivity contribution in [1.29, 1.82) is 0 Å². The molecule has 2 aromatic carbocycles. The summed E-state index contributed by atoms with van der Waals surface area (Å²) in [6, 6.07) is 15.2. The first kappa shape index (κ1) is 24.3. The number of aliphatic carboxylic acids is 1. The van der Waals surface area contributed by atoms with Gasteiger partial charge in [-0.25, -0.2) is 9.59 Å². The zero-order valence-corrected chi connectivity index (χ0v) is 19.6. The fraction of sp³-hybridized carbons (Fsp3) is 0.423. The zero-order valence-electron chi connectivity index (χ0n) is 19.6. The van der Waals surface area contributed by atoms with Crippen LogP contribution in [0.3, 0.4) is 0 Å². The van der Waals surface area contributed by atoms with Crippen molar-refractivity contribution in [1.82, 2.24) is 10.6 Å². The minimum atomic E-state index is -1.41. The summed E-state index contributed by atoms with van der Waals surface area (Å²) < 4.78 is 5.57. The first-order chi connectivity index (χ1) is 15.7. The van der Waals surface area contributed by atoms with Gasteiger partial charge >= 0.3 is 12.1 Å². The van der Waals surface area contributed by atoms with Crippen molar-refractivity contribution in [3.8, 4) is 11.1 Å². The van der Waals surface area contributed by atoms with E-state index in [-0.39, 0.29) is 24.9 Å². The molecule has 0 aromatic heterocycles. The molecular weight excluding hydrogens is 420 g/mol. The van der Waals surface area contributed by atoms with Gasteiger partial charge in [0.2, 0.25) is 5.91 Å². The van der Waals surface area contributed by atoms with Crippen LogP contribution in [0.25, 0.3) is 11.1 Å². The van der Waals surface area contributed by atoms with Crippen LogP contribution in [0.4, 0.5) is 4.79 Å². The summed E-state index contributed by atoms with van der Waals surface area (Å²) in [6.07, 6.45) is 0.134. The molecule has 0 bridgehead atoms. The highest BCUT2D eigenvalue weighted by Gasteiger charge is 2.37. The number of carboxylic acid groups (broad SMARTS) is 1. The number of carboxylic acids is 1. The van der Waals surface area contributed by atoms with Crippen LogP contribution in [0.15, 0.2) is 48.5 Å². The van der Waals surface area contributed by atoms with Gasteiger partial charge in [0.25, 0.3) is 0 Å². The molecule has 2 unspecified atom stereocenters. The minimum Gasteiger partial charge on any atom is -0.480 e. The second-order valence-corrected chi connectivity index (χ2v) is 8.81. The number of fused-ring (bicyclic) bond motifs is 3. The Morgan fingerprint density at radius 3 is 2.06 bits per heavy atom. The molecular formula is C26H32N2O5. The molecule has 2 aromatic rings. The third kappa shape index (κ3) is 5.02. The van der Waals surface area contributed by atoms with Crippen LogP contribution in [-0.4, -0.2) is 41.3 Å². The molecule has 33 heavy (non-hydrogen) atoms. The molecule has 7 nitrogen and oxygen atoms in total. The van der Waals surface area contributed by atoms with Crippen molar-refractivity contribution in [2.75, 3.05) is 6.61 Å². The van der Waals surface area contributed by atoms with Crippen LogP contribution in [0, 0.1) is 5.92 Å². The molecule has 0 radical (unpaired) electrons. The van der Waals surface area contributed by atoms with Crippen molar-refractivity contribution in [3.05, 3.63) is 59.7 Å². The van der Waals surface area contributed by atoms with Crippen LogP contribution in [0.5, 0.6) is 0 Å². The molecule has 0 saturated carbocycles. The Hall–Kier alpha value is -3.35. The number of ether oxygens (including phenoxy) is 1. The largest absolute Gasteiger partial charge is 0.480 e. The highest BCUT2D eigenvalue weighted by molar-refractivity contribution is 5.91. The fourth-order valence-corrected chi connectivity index (χ4v) is 4.11. The number of alkyl carbamates (subject to hydrolysis) is 1. The molecule has 3 rings (SSSR count). The van der Waals surface area contributed by atoms with Gasteiger partial charge in [-0.2, -0.15) is 0 Å². The second kappa shape index (κ2) is 10.1. The minimum absolute atomic E-state index is 0.0885. The summed E-state index contributed by atoms with van der Waals surface area (Å²) in [4.78, 5) is 37.2. The SMILES string of the molecule is CCC(C)[C@H](NC(=O)OCC1c2ccccc2-c2ccccc21)C(=O)NC(C)(CC)C(=O)O. The van der Waals surface area contributed by atoms with E-state index in [9.17, 15) is 19.5 Å². The lowest BCUT2D eigenvalue weighted by Crippen LogP contribution is -2.59. The van der Waals surface area contributed by atoms with Gasteiger partial charge < -0.3 is 20.5 Å². The summed E-state index contributed by atoms with van der Waals surface area (Å²) in [6.45, 7) is 7.01. The average Bonchev–Trinajstić information content (AvgIpc) is 3.14. The fourth-order valence-electron chi connectivity index (χ4n) is 4.11. The molecule has 1 aliphatic carbocycles. The number of rotatable bonds is 9. The highest BCUT2D eigenvalue weighted by atomic mass is 16.5. The maximum atomic E-state index is 12.9. The Bertz CT molecular complexity index is 991. The molecule has 2 amide bonds. The molecule has 0 fully saturated rings. The van der Waals surface area contributed by atoms with Gasteiger partial charge in [-0.15, -0.1) is 0 Å². The van der Waals surface area contributed by atoms with Crippen molar-refractivity contribution >= 4 is 18.0 Å². The number of carbonyl (C=O) groups excluding carboxylic acids is 2. The van der Waals surface area contributed by atoms with E-state index in [0.717, 1.165) is 22.3 Å². The summed E-state index contributed by atoms with van der Waals surface area (Å²) in [5.74, 6) is -1.96. The molecule has 7 heteroatoms. The van der Waals surface area contributed by atoms with Gasteiger partial charge in [0, 0.05) is 5.92 Å². The number of carbonyl (C=O) groups is 3. The van der Waals surface area contributed by atoms with Gasteiger partial charge in [-0.3, -0.25) is 4.79 Å². The lowest BCUT2D eigenvalue weighted by Gasteiger charge is -2.30. The third-order valence-electron chi connectivity index (χ3n) is 6.69. The van der Waals surface area contributed by atoms with E-state index in [1.165, 1.54) is 6.92 Å². The lowest BCUT2D eigenvalue weighted by molar-refractivity contribution is -0.147. The van der Waals surface area contributed by atoms with E-state index in [1.807, 2.05) is 50.2 Å². The Labute approximate surface area is 194 Å². The van der Waals surface area contributed by atoms with E-state index in [0.29, 0.717) is 6.42 Å². The summed E-state index contributed by atoms with van der Waals surface area (Å²) in [5.41, 5.74) is 3.05. The molecule has 0 saturated heterocycles. The number of benzene rings is 2. The van der Waals surface area contributed by atoms with Gasteiger partial charge in [0.05, 0.1) is 0 Å². The first-order valence-corrected chi connectivity index (χ1v) is 11.4. The monoisotopic (exact) mass is 452 g/mol. The van der Waals surface area contributed by atoms with Gasteiger partial charge in [-0.05, 0) is 41.5 Å². The lowest BCUT2D eigenvalue weighted by atomic mass is 9.94. The number of hydrogen-bond acceptors (Lipinski definition) is 4. The van der Waals surface area contributed by atoms with Gasteiger partial charge in [0.15, 0.2) is 0 Å². The maximum absolute atomic E-state index is 12.9. The first-order valence-electron chi connectivity index (χ1n) is 11.4. The Morgan fingerprint density at radius 2 is 1.58 bits per heavy atom. The van der Waals surface area contributed by atoms with E-state index in [1.54, 1.807) is 6.92 Å². The van der Waals surface area contributed by atoms with E-state index in [2.05, 4.69) is 22.8 Å². The Morgan fingerprint density at radius 1 is 1.03 bits per heavy atom. The topological polar surface area (TPSA) is 105 Å². The number of nitrogens with one attached hydrogen (secondary N) is 2. The predicted molar refractivity (Wildman–Crippen MR) is 126 cm³/mol. The molecule has 3 atom stereocenters. The van der Waals surface area contributed by atoms with Gasteiger partial charge in [-0.1, -0.05) is 75.7 Å². The van der Waals surface area contributed by atoms with Crippen molar-refractivity contribution < 1.29 is 24.2 Å². The smallest absolute Gasteiger partial charge is 0.407 e. The maximum Gasteiger partial charge on any atom is 0.407 e. The third-order valence-corrected chi connectivity index (χ3v) is 6.69. The molecule has 0 aliphatic heterocycles. The average molecular weight is 453 g/mol. The van der Waals surface area contributed by atoms with Crippen LogP contribution >= 0.6 is 0 Å². The quantitative estimate of drug-likeness (QED) is 0.526. The summed E-state index contributed by atoms with van der Waals surface area (Å²) in [7, 11) is 0. The van der Waals surface area contributed by atoms with Gasteiger partial charge in [0.1, 0.15) is 18.2 Å². The van der Waals surface area contributed by atoms with Crippen LogP contribution in [-0.2, 0) is 14.3 Å². The normalized spacial score (nSPS) is 16.0. The Kier molecular flexibility index (Phi) is 7.41. The van der Waals surface area contributed by atoms with Crippen molar-refractivity contribution in [3.63, 3.8) is 0 Å². The van der Waals surface area contributed by atoms with Crippen LogP contribution in [0.1, 0.15) is 57.6 Å². The summed E-state index contributed by atoms with van der Waals surface area (Å²) >= 11 is 0. The predicted octanol–water partition coefficient (Wildman–Crippen LogP) is 4.31. The Balaban J connectivity index is 1.70. The molecule has 0 spiro atoms. The number of hydrogen-bond donors (Lipinski definition) is 3. The second-order valence-electron chi connectivity index (χ2n) is 8.81. The van der Waals surface area contributed by atoms with Crippen LogP contribution in [0.2, 0.25) is 0 Å². The molecule has 176 valence electrons. The summed E-state index contributed by atoms with van der Waals surface area (Å²) in [5, 5.41) is 14.7. The zero-order chi connectivity index (χ0) is 24.2. The molecule has 0 heterocycles. The van der Waals surface area contributed by atoms with Crippen molar-refractivity contribution in [2.45, 2.75) is 58.0 Å². The molecule has 1 aliphatic rings. The van der Waals surface area contributed by atoms with E-state index in [4.69, 9.17) is 4.74 Å². The van der Waals surface area contributed by atoms with Crippen LogP contribution < -0.4 is 10.6 Å². The molecule has 3 N–H and O–H groups in total. The van der Waals surface area contributed by atoms with E-state index < -0.39 is 29.6 Å². The standard InChI is InChI=1S/C26H32N2O5/c1-5-16(3)22(23(29)28-26(4,6-2)24(30)31)27-25(32)33-15-21-19-13-9-7-11-17(19)18-12-8-10-14-20(18)21/h7-14,16,21-22H,5-6,15H2,1-4H3,(H,27,32)(H,28,29)(H,30,31)/t16?,22-,26?/m0/s1. The van der Waals surface area contributed by atoms with Crippen molar-refractivity contribution in [2.24, 2.45) is 5.92 Å². The van der Waals surface area contributed by atoms with E-state index >= 15 is 0 Å². The highest BCUT2D eigenvalue weighted by Crippen LogP contribution is 2.44.